The second kappa shape index (κ2) is 3.72. The molecule has 0 spiro atoms. The fourth-order valence-corrected chi connectivity index (χ4v) is 2.12. The Morgan fingerprint density at radius 1 is 1.29 bits per heavy atom. The van der Waals surface area contributed by atoms with Crippen molar-refractivity contribution >= 4 is 0 Å². The average Bonchev–Trinajstić information content (AvgIpc) is 2.70. The van der Waals surface area contributed by atoms with Gasteiger partial charge in [-0.1, -0.05) is 0 Å². The van der Waals surface area contributed by atoms with E-state index in [1.54, 1.807) is 12.1 Å². The molecule has 3 nitrogen and oxygen atoms in total. The smallest absolute Gasteiger partial charge is 0.263 e. The molecule has 2 aliphatic heterocycles. The summed E-state index contributed by atoms with van der Waals surface area (Å²) in [4.78, 5) is 0. The molecule has 2 rings (SSSR count). The Morgan fingerprint density at radius 2 is 2.07 bits per heavy atom. The second-order valence-electron chi connectivity index (χ2n) is 4.05. The van der Waals surface area contributed by atoms with Crippen molar-refractivity contribution in [3.63, 3.8) is 0 Å². The maximum Gasteiger partial charge on any atom is 0.263 e. The number of hydrogen-bond donors (Lipinski definition) is 0. The Morgan fingerprint density at radius 3 is 2.57 bits per heavy atom. The highest BCUT2D eigenvalue weighted by molar-refractivity contribution is 4.83. The normalized spacial score (nSPS) is 34.1. The first-order valence-electron chi connectivity index (χ1n) is 5.01. The van der Waals surface area contributed by atoms with Gasteiger partial charge < -0.3 is 4.74 Å². The van der Waals surface area contributed by atoms with Gasteiger partial charge in [0.15, 0.2) is 0 Å². The zero-order valence-corrected chi connectivity index (χ0v) is 8.38. The number of hydrazine groups is 1. The molecule has 0 saturated carbocycles. The Hall–Kier alpha value is -0.260. The van der Waals surface area contributed by atoms with Crippen molar-refractivity contribution in [1.29, 1.82) is 0 Å². The molecule has 0 bridgehead atoms. The fourth-order valence-electron chi connectivity index (χ4n) is 2.12. The first-order chi connectivity index (χ1) is 6.61. The molecule has 0 amide bonds. The minimum Gasteiger partial charge on any atom is -0.380 e. The van der Waals surface area contributed by atoms with Gasteiger partial charge in [-0.2, -0.15) is 0 Å². The summed E-state index contributed by atoms with van der Waals surface area (Å²) in [7, 11) is 1.67. The quantitative estimate of drug-likeness (QED) is 0.669. The van der Waals surface area contributed by atoms with Crippen LogP contribution in [-0.4, -0.2) is 55.3 Å². The number of alkyl halides is 2. The van der Waals surface area contributed by atoms with Crippen LogP contribution >= 0.6 is 0 Å². The molecule has 5 heteroatoms. The van der Waals surface area contributed by atoms with Crippen LogP contribution in [0.25, 0.3) is 0 Å². The van der Waals surface area contributed by atoms with Crippen LogP contribution < -0.4 is 0 Å². The number of methoxy groups -OCH3 is 1. The molecule has 1 unspecified atom stereocenters. The van der Waals surface area contributed by atoms with Crippen LogP contribution in [0, 0.1) is 0 Å². The van der Waals surface area contributed by atoms with Crippen molar-refractivity contribution in [3.05, 3.63) is 0 Å². The highest BCUT2D eigenvalue weighted by atomic mass is 19.3. The highest BCUT2D eigenvalue weighted by Gasteiger charge is 2.41. The summed E-state index contributed by atoms with van der Waals surface area (Å²) < 4.78 is 31.1. The minimum absolute atomic E-state index is 0.0127. The van der Waals surface area contributed by atoms with Crippen LogP contribution in [0.4, 0.5) is 8.78 Å². The molecule has 14 heavy (non-hydrogen) atoms. The van der Waals surface area contributed by atoms with Crippen molar-refractivity contribution in [2.45, 2.75) is 24.9 Å². The second-order valence-corrected chi connectivity index (χ2v) is 4.05. The van der Waals surface area contributed by atoms with Crippen molar-refractivity contribution in [2.24, 2.45) is 0 Å². The number of nitrogens with zero attached hydrogens (tertiary/aromatic N) is 2. The molecular formula is C9H16F2N2O. The Bertz CT molecular complexity index is 213. The van der Waals surface area contributed by atoms with Crippen LogP contribution in [0.3, 0.4) is 0 Å². The third-order valence-corrected chi connectivity index (χ3v) is 3.01. The van der Waals surface area contributed by atoms with Gasteiger partial charge in [-0.05, 0) is 6.42 Å². The molecule has 2 saturated heterocycles. The molecule has 0 aromatic rings. The monoisotopic (exact) mass is 206 g/mol. The van der Waals surface area contributed by atoms with Gasteiger partial charge in [0, 0.05) is 33.2 Å². The van der Waals surface area contributed by atoms with E-state index in [4.69, 9.17) is 4.74 Å². The number of hydrogen-bond acceptors (Lipinski definition) is 3. The van der Waals surface area contributed by atoms with E-state index in [1.165, 1.54) is 0 Å². The van der Waals surface area contributed by atoms with E-state index in [1.807, 2.05) is 5.01 Å². The van der Waals surface area contributed by atoms with Gasteiger partial charge in [0.05, 0.1) is 12.6 Å². The third-order valence-electron chi connectivity index (χ3n) is 3.01. The summed E-state index contributed by atoms with van der Waals surface area (Å²) in [5.41, 5.74) is 0. The molecule has 2 fully saturated rings. The maximum atomic E-state index is 12.9. The van der Waals surface area contributed by atoms with Gasteiger partial charge in [0.1, 0.15) is 0 Å². The Kier molecular flexibility index (Phi) is 2.72. The van der Waals surface area contributed by atoms with Gasteiger partial charge in [0.2, 0.25) is 0 Å². The lowest BCUT2D eigenvalue weighted by Crippen LogP contribution is -2.41. The lowest BCUT2D eigenvalue weighted by Gasteiger charge is -2.27. The standard InChI is InChI=1S/C9H16F2N2O/c1-14-8-2-4-12(6-8)13-5-3-9(10,11)7-13/h8H,2-7H2,1H3. The molecule has 1 atom stereocenters. The van der Waals surface area contributed by atoms with Crippen LogP contribution in [0.2, 0.25) is 0 Å². The van der Waals surface area contributed by atoms with E-state index in [0.717, 1.165) is 19.5 Å². The zero-order chi connectivity index (χ0) is 10.2. The van der Waals surface area contributed by atoms with Gasteiger partial charge >= 0.3 is 0 Å². The van der Waals surface area contributed by atoms with Gasteiger partial charge in [-0.3, -0.25) is 0 Å². The SMILES string of the molecule is COC1CCN(N2CCC(F)(F)C2)C1. The molecule has 0 aromatic carbocycles. The fraction of sp³-hybridized carbons (Fsp3) is 1.00. The van der Waals surface area contributed by atoms with Crippen molar-refractivity contribution in [1.82, 2.24) is 10.0 Å². The lowest BCUT2D eigenvalue weighted by molar-refractivity contribution is -0.0445. The van der Waals surface area contributed by atoms with E-state index in [9.17, 15) is 8.78 Å². The maximum absolute atomic E-state index is 12.9. The molecular weight excluding hydrogens is 190 g/mol. The van der Waals surface area contributed by atoms with Gasteiger partial charge in [-0.15, -0.1) is 0 Å². The van der Waals surface area contributed by atoms with E-state index < -0.39 is 5.92 Å². The molecule has 0 radical (unpaired) electrons. The van der Waals surface area contributed by atoms with E-state index in [0.29, 0.717) is 6.54 Å². The summed E-state index contributed by atoms with van der Waals surface area (Å²) in [6.45, 7) is 1.95. The molecule has 0 aromatic heterocycles. The molecule has 82 valence electrons. The zero-order valence-electron chi connectivity index (χ0n) is 8.38. The first kappa shape index (κ1) is 10.3. The van der Waals surface area contributed by atoms with Crippen molar-refractivity contribution < 1.29 is 13.5 Å². The van der Waals surface area contributed by atoms with Gasteiger partial charge in [-0.25, -0.2) is 18.8 Å². The summed E-state index contributed by atoms with van der Waals surface area (Å²) in [5.74, 6) is -2.49. The topological polar surface area (TPSA) is 15.7 Å². The van der Waals surface area contributed by atoms with Crippen molar-refractivity contribution in [3.8, 4) is 0 Å². The minimum atomic E-state index is -2.49. The summed E-state index contributed by atoms with van der Waals surface area (Å²) in [5, 5.41) is 3.76. The first-order valence-corrected chi connectivity index (χ1v) is 5.01. The van der Waals surface area contributed by atoms with Crippen LogP contribution in [0.1, 0.15) is 12.8 Å². The predicted molar refractivity (Wildman–Crippen MR) is 48.1 cm³/mol. The average molecular weight is 206 g/mol. The number of ether oxygens (including phenoxy) is 1. The molecule has 0 N–H and O–H groups in total. The Balaban J connectivity index is 1.86. The summed E-state index contributed by atoms with van der Waals surface area (Å²) in [6, 6.07) is 0. The van der Waals surface area contributed by atoms with Crippen LogP contribution in [-0.2, 0) is 4.74 Å². The summed E-state index contributed by atoms with van der Waals surface area (Å²) >= 11 is 0. The van der Waals surface area contributed by atoms with Crippen LogP contribution in [0.5, 0.6) is 0 Å². The molecule has 0 aliphatic carbocycles. The van der Waals surface area contributed by atoms with E-state index in [-0.39, 0.29) is 19.1 Å². The highest BCUT2D eigenvalue weighted by Crippen LogP contribution is 2.29. The predicted octanol–water partition coefficient (Wildman–Crippen LogP) is 0.963. The largest absolute Gasteiger partial charge is 0.380 e. The van der Waals surface area contributed by atoms with Gasteiger partial charge in [0.25, 0.3) is 5.92 Å². The lowest BCUT2D eigenvalue weighted by atomic mass is 10.3. The third kappa shape index (κ3) is 2.04. The number of halogens is 2. The van der Waals surface area contributed by atoms with E-state index in [2.05, 4.69) is 0 Å². The number of rotatable bonds is 2. The van der Waals surface area contributed by atoms with Crippen LogP contribution in [0.15, 0.2) is 0 Å². The molecule has 2 heterocycles. The summed E-state index contributed by atoms with van der Waals surface area (Å²) in [6.07, 6.45) is 1.14. The van der Waals surface area contributed by atoms with Crippen molar-refractivity contribution in [2.75, 3.05) is 33.3 Å². The Labute approximate surface area is 82.6 Å². The van der Waals surface area contributed by atoms with E-state index >= 15 is 0 Å². The molecule has 2 aliphatic rings.